The highest BCUT2D eigenvalue weighted by Crippen LogP contribution is 2.13. The number of aryl methyl sites for hydroxylation is 1. The minimum Gasteiger partial charge on any atom is -0.377 e. The summed E-state index contributed by atoms with van der Waals surface area (Å²) in [6.07, 6.45) is 5.72. The Morgan fingerprint density at radius 1 is 1.56 bits per heavy atom. The SMILES string of the molecule is CN(CC(=O)c1cccn1C)CC1CCCCO1. The maximum atomic E-state index is 12.1. The molecular weight excluding hydrogens is 228 g/mol. The largest absolute Gasteiger partial charge is 0.377 e. The van der Waals surface area contributed by atoms with Crippen LogP contribution in [0.15, 0.2) is 18.3 Å². The summed E-state index contributed by atoms with van der Waals surface area (Å²) in [6, 6.07) is 3.77. The fourth-order valence-corrected chi connectivity index (χ4v) is 2.44. The minimum atomic E-state index is 0.167. The molecule has 0 radical (unpaired) electrons. The number of hydrogen-bond donors (Lipinski definition) is 0. The van der Waals surface area contributed by atoms with Gasteiger partial charge in [-0.25, -0.2) is 0 Å². The van der Waals surface area contributed by atoms with E-state index in [2.05, 4.69) is 4.90 Å². The van der Waals surface area contributed by atoms with Crippen molar-refractivity contribution >= 4 is 5.78 Å². The number of rotatable bonds is 5. The van der Waals surface area contributed by atoms with Crippen molar-refractivity contribution < 1.29 is 9.53 Å². The molecule has 1 fully saturated rings. The lowest BCUT2D eigenvalue weighted by Crippen LogP contribution is -2.36. The average molecular weight is 250 g/mol. The summed E-state index contributed by atoms with van der Waals surface area (Å²) in [5, 5.41) is 0. The molecule has 1 aromatic heterocycles. The van der Waals surface area contributed by atoms with Gasteiger partial charge in [0.1, 0.15) is 0 Å². The summed E-state index contributed by atoms with van der Waals surface area (Å²) >= 11 is 0. The van der Waals surface area contributed by atoms with E-state index in [9.17, 15) is 4.79 Å². The Morgan fingerprint density at radius 3 is 3.00 bits per heavy atom. The smallest absolute Gasteiger partial charge is 0.193 e. The summed E-state index contributed by atoms with van der Waals surface area (Å²) in [5.74, 6) is 0.167. The molecule has 4 nitrogen and oxygen atoms in total. The van der Waals surface area contributed by atoms with Gasteiger partial charge in [0.05, 0.1) is 18.3 Å². The van der Waals surface area contributed by atoms with Gasteiger partial charge in [0.15, 0.2) is 5.78 Å². The van der Waals surface area contributed by atoms with Crippen LogP contribution >= 0.6 is 0 Å². The number of nitrogens with zero attached hydrogens (tertiary/aromatic N) is 2. The number of carbonyl (C=O) groups excluding carboxylic acids is 1. The van der Waals surface area contributed by atoms with Crippen molar-refractivity contribution in [2.75, 3.05) is 26.7 Å². The molecule has 2 heterocycles. The Morgan fingerprint density at radius 2 is 2.39 bits per heavy atom. The van der Waals surface area contributed by atoms with Crippen molar-refractivity contribution in [3.05, 3.63) is 24.0 Å². The van der Waals surface area contributed by atoms with Crippen LogP contribution in [0, 0.1) is 0 Å². The summed E-state index contributed by atoms with van der Waals surface area (Å²) < 4.78 is 7.55. The third-order valence-corrected chi connectivity index (χ3v) is 3.43. The van der Waals surface area contributed by atoms with Crippen LogP contribution in [0.1, 0.15) is 29.8 Å². The number of Topliss-reactive ketones (excluding diaryl/α,β-unsaturated/α-hetero) is 1. The molecule has 0 spiro atoms. The van der Waals surface area contributed by atoms with Crippen LogP contribution in [0.25, 0.3) is 0 Å². The van der Waals surface area contributed by atoms with Gasteiger partial charge in [-0.05, 0) is 38.4 Å². The normalized spacial score (nSPS) is 20.3. The number of aromatic nitrogens is 1. The predicted molar refractivity (Wildman–Crippen MR) is 70.8 cm³/mol. The van der Waals surface area contributed by atoms with Gasteiger partial charge >= 0.3 is 0 Å². The third kappa shape index (κ3) is 3.43. The van der Waals surface area contributed by atoms with E-state index in [4.69, 9.17) is 4.74 Å². The summed E-state index contributed by atoms with van der Waals surface area (Å²) in [7, 11) is 3.89. The zero-order valence-electron chi connectivity index (χ0n) is 11.3. The molecule has 2 rings (SSSR count). The van der Waals surface area contributed by atoms with Crippen molar-refractivity contribution in [1.82, 2.24) is 9.47 Å². The molecule has 18 heavy (non-hydrogen) atoms. The van der Waals surface area contributed by atoms with Gasteiger partial charge in [0.25, 0.3) is 0 Å². The second-order valence-electron chi connectivity index (χ2n) is 5.11. The molecule has 1 aliphatic rings. The zero-order chi connectivity index (χ0) is 13.0. The highest BCUT2D eigenvalue weighted by atomic mass is 16.5. The molecule has 1 saturated heterocycles. The summed E-state index contributed by atoms with van der Waals surface area (Å²) in [4.78, 5) is 14.1. The lowest BCUT2D eigenvalue weighted by Gasteiger charge is -2.27. The standard InChI is InChI=1S/C14H22N2O2/c1-15(10-12-6-3-4-9-18-12)11-14(17)13-7-5-8-16(13)2/h5,7-8,12H,3-4,6,9-11H2,1-2H3. The molecule has 0 bridgehead atoms. The van der Waals surface area contributed by atoms with E-state index < -0.39 is 0 Å². The van der Waals surface area contributed by atoms with Crippen LogP contribution in [0.3, 0.4) is 0 Å². The number of ketones is 1. The molecule has 1 unspecified atom stereocenters. The first-order valence-corrected chi connectivity index (χ1v) is 6.61. The highest BCUT2D eigenvalue weighted by molar-refractivity contribution is 5.96. The highest BCUT2D eigenvalue weighted by Gasteiger charge is 2.18. The van der Waals surface area contributed by atoms with E-state index in [1.165, 1.54) is 12.8 Å². The minimum absolute atomic E-state index is 0.167. The Bertz CT molecular complexity index is 394. The topological polar surface area (TPSA) is 34.5 Å². The van der Waals surface area contributed by atoms with Crippen molar-refractivity contribution in [3.63, 3.8) is 0 Å². The molecule has 100 valence electrons. The Balaban J connectivity index is 1.81. The van der Waals surface area contributed by atoms with Gasteiger partial charge < -0.3 is 9.30 Å². The van der Waals surface area contributed by atoms with Crippen LogP contribution in [-0.4, -0.2) is 48.1 Å². The summed E-state index contributed by atoms with van der Waals surface area (Å²) in [5.41, 5.74) is 0.770. The third-order valence-electron chi connectivity index (χ3n) is 3.43. The molecule has 0 aromatic carbocycles. The predicted octanol–water partition coefficient (Wildman–Crippen LogP) is 1.71. The number of hydrogen-bond acceptors (Lipinski definition) is 3. The fraction of sp³-hybridized carbons (Fsp3) is 0.643. The van der Waals surface area contributed by atoms with Crippen molar-refractivity contribution in [2.45, 2.75) is 25.4 Å². The van der Waals surface area contributed by atoms with E-state index in [0.29, 0.717) is 12.6 Å². The van der Waals surface area contributed by atoms with E-state index in [1.807, 2.05) is 37.0 Å². The lowest BCUT2D eigenvalue weighted by atomic mass is 10.1. The molecule has 0 aliphatic carbocycles. The fourth-order valence-electron chi connectivity index (χ4n) is 2.44. The molecule has 1 atom stereocenters. The lowest BCUT2D eigenvalue weighted by molar-refractivity contribution is -0.000700. The Kier molecular flexibility index (Phi) is 4.55. The molecule has 4 heteroatoms. The van der Waals surface area contributed by atoms with E-state index in [-0.39, 0.29) is 5.78 Å². The van der Waals surface area contributed by atoms with Gasteiger partial charge in [-0.3, -0.25) is 9.69 Å². The average Bonchev–Trinajstić information content (AvgIpc) is 2.76. The van der Waals surface area contributed by atoms with Gasteiger partial charge in [-0.1, -0.05) is 0 Å². The number of likely N-dealkylation sites (N-methyl/N-ethyl adjacent to an activating group) is 1. The van der Waals surface area contributed by atoms with Gasteiger partial charge in [-0.2, -0.15) is 0 Å². The maximum absolute atomic E-state index is 12.1. The molecule has 0 saturated carbocycles. The first-order valence-electron chi connectivity index (χ1n) is 6.61. The number of ether oxygens (including phenoxy) is 1. The van der Waals surface area contributed by atoms with E-state index in [0.717, 1.165) is 25.3 Å². The van der Waals surface area contributed by atoms with Crippen LogP contribution < -0.4 is 0 Å². The van der Waals surface area contributed by atoms with Crippen molar-refractivity contribution in [3.8, 4) is 0 Å². The van der Waals surface area contributed by atoms with Crippen molar-refractivity contribution in [2.24, 2.45) is 7.05 Å². The Hall–Kier alpha value is -1.13. The molecule has 0 N–H and O–H groups in total. The molecule has 0 amide bonds. The molecular formula is C14H22N2O2. The van der Waals surface area contributed by atoms with Crippen LogP contribution in [0.5, 0.6) is 0 Å². The van der Waals surface area contributed by atoms with E-state index >= 15 is 0 Å². The van der Waals surface area contributed by atoms with Crippen molar-refractivity contribution in [1.29, 1.82) is 0 Å². The second-order valence-corrected chi connectivity index (χ2v) is 5.11. The van der Waals surface area contributed by atoms with Gasteiger partial charge in [0, 0.05) is 26.4 Å². The Labute approximate surface area is 109 Å². The number of carbonyl (C=O) groups is 1. The monoisotopic (exact) mass is 250 g/mol. The molecule has 1 aliphatic heterocycles. The summed E-state index contributed by atoms with van der Waals surface area (Å²) in [6.45, 7) is 2.16. The second kappa shape index (κ2) is 6.16. The molecule has 1 aromatic rings. The first-order chi connectivity index (χ1) is 8.66. The van der Waals surface area contributed by atoms with Crippen LogP contribution in [0.2, 0.25) is 0 Å². The zero-order valence-corrected chi connectivity index (χ0v) is 11.3. The quantitative estimate of drug-likeness (QED) is 0.746. The van der Waals surface area contributed by atoms with Gasteiger partial charge in [-0.15, -0.1) is 0 Å². The van der Waals surface area contributed by atoms with Crippen LogP contribution in [0.4, 0.5) is 0 Å². The maximum Gasteiger partial charge on any atom is 0.193 e. The van der Waals surface area contributed by atoms with Gasteiger partial charge in [0.2, 0.25) is 0 Å². The first kappa shape index (κ1) is 13.3. The van der Waals surface area contributed by atoms with E-state index in [1.54, 1.807) is 0 Å². The van der Waals surface area contributed by atoms with Crippen LogP contribution in [-0.2, 0) is 11.8 Å².